The first-order valence-corrected chi connectivity index (χ1v) is 5.69. The SMILES string of the molecule is CCCN(CC)CCNC(=O)NOCC(=O)O. The third-order valence-corrected chi connectivity index (χ3v) is 2.06. The second kappa shape index (κ2) is 9.86. The molecule has 0 bridgehead atoms. The van der Waals surface area contributed by atoms with Crippen molar-refractivity contribution in [3.05, 3.63) is 0 Å². The first kappa shape index (κ1) is 15.7. The highest BCUT2D eigenvalue weighted by Gasteiger charge is 2.04. The van der Waals surface area contributed by atoms with Crippen molar-refractivity contribution in [2.75, 3.05) is 32.8 Å². The number of nitrogens with zero attached hydrogens (tertiary/aromatic N) is 1. The van der Waals surface area contributed by atoms with Gasteiger partial charge in [-0.2, -0.15) is 0 Å². The summed E-state index contributed by atoms with van der Waals surface area (Å²) in [6.07, 6.45) is 1.07. The fourth-order valence-corrected chi connectivity index (χ4v) is 1.27. The third-order valence-electron chi connectivity index (χ3n) is 2.06. The lowest BCUT2D eigenvalue weighted by atomic mass is 10.4. The molecule has 0 rings (SSSR count). The van der Waals surface area contributed by atoms with Crippen LogP contribution in [0.1, 0.15) is 20.3 Å². The summed E-state index contributed by atoms with van der Waals surface area (Å²) < 4.78 is 0. The highest BCUT2D eigenvalue weighted by atomic mass is 16.7. The summed E-state index contributed by atoms with van der Waals surface area (Å²) >= 11 is 0. The molecule has 2 amide bonds. The van der Waals surface area contributed by atoms with Crippen LogP contribution in [0.5, 0.6) is 0 Å². The van der Waals surface area contributed by atoms with Crippen molar-refractivity contribution in [3.63, 3.8) is 0 Å². The summed E-state index contributed by atoms with van der Waals surface area (Å²) in [5.74, 6) is -1.13. The summed E-state index contributed by atoms with van der Waals surface area (Å²) in [7, 11) is 0. The Bertz CT molecular complexity index is 236. The van der Waals surface area contributed by atoms with E-state index in [1.165, 1.54) is 0 Å². The predicted molar refractivity (Wildman–Crippen MR) is 62.5 cm³/mol. The number of carbonyl (C=O) groups excluding carboxylic acids is 1. The number of hydrogen-bond acceptors (Lipinski definition) is 4. The molecular weight excluding hydrogens is 226 g/mol. The van der Waals surface area contributed by atoms with E-state index in [-0.39, 0.29) is 0 Å². The number of carboxylic acid groups (broad SMARTS) is 1. The van der Waals surface area contributed by atoms with Gasteiger partial charge in [0.15, 0.2) is 6.61 Å². The van der Waals surface area contributed by atoms with Crippen LogP contribution in [-0.4, -0.2) is 54.8 Å². The Labute approximate surface area is 101 Å². The van der Waals surface area contributed by atoms with Crippen molar-refractivity contribution < 1.29 is 19.5 Å². The molecule has 0 saturated heterocycles. The number of amides is 2. The quantitative estimate of drug-likeness (QED) is 0.500. The third kappa shape index (κ3) is 9.58. The maximum atomic E-state index is 11.1. The molecule has 3 N–H and O–H groups in total. The molecule has 7 heteroatoms. The lowest BCUT2D eigenvalue weighted by Crippen LogP contribution is -2.41. The van der Waals surface area contributed by atoms with Crippen LogP contribution in [0.2, 0.25) is 0 Å². The zero-order valence-electron chi connectivity index (χ0n) is 10.4. The van der Waals surface area contributed by atoms with Crippen LogP contribution < -0.4 is 10.8 Å². The number of hydroxylamine groups is 1. The van der Waals surface area contributed by atoms with E-state index in [1.807, 2.05) is 5.48 Å². The minimum atomic E-state index is -1.13. The summed E-state index contributed by atoms with van der Waals surface area (Å²) in [4.78, 5) is 27.8. The molecule has 100 valence electrons. The minimum absolute atomic E-state index is 0.496. The van der Waals surface area contributed by atoms with Crippen molar-refractivity contribution in [1.82, 2.24) is 15.7 Å². The van der Waals surface area contributed by atoms with Crippen molar-refractivity contribution in [3.8, 4) is 0 Å². The van der Waals surface area contributed by atoms with Gasteiger partial charge >= 0.3 is 12.0 Å². The lowest BCUT2D eigenvalue weighted by molar-refractivity contribution is -0.144. The topological polar surface area (TPSA) is 90.9 Å². The van der Waals surface area contributed by atoms with Gasteiger partial charge in [-0.25, -0.2) is 15.1 Å². The molecule has 0 aliphatic heterocycles. The van der Waals surface area contributed by atoms with Gasteiger partial charge in [0.1, 0.15) is 0 Å². The molecule has 0 aliphatic rings. The molecule has 7 nitrogen and oxygen atoms in total. The van der Waals surface area contributed by atoms with Crippen molar-refractivity contribution in [2.45, 2.75) is 20.3 Å². The Hall–Kier alpha value is -1.34. The number of nitrogens with one attached hydrogen (secondary N) is 2. The molecule has 0 aromatic rings. The molecular formula is C10H21N3O4. The molecule has 0 heterocycles. The molecule has 0 atom stereocenters. The number of hydrogen-bond donors (Lipinski definition) is 3. The molecule has 0 aromatic carbocycles. The first-order valence-electron chi connectivity index (χ1n) is 5.69. The van der Waals surface area contributed by atoms with Gasteiger partial charge in [-0.15, -0.1) is 0 Å². The van der Waals surface area contributed by atoms with Gasteiger partial charge in [0, 0.05) is 13.1 Å². The van der Waals surface area contributed by atoms with Gasteiger partial charge in [-0.3, -0.25) is 4.84 Å². The van der Waals surface area contributed by atoms with Crippen LogP contribution >= 0.6 is 0 Å². The Morgan fingerprint density at radius 2 is 2.00 bits per heavy atom. The number of carbonyl (C=O) groups is 2. The summed E-state index contributed by atoms with van der Waals surface area (Å²) in [6.45, 7) is 6.80. The Morgan fingerprint density at radius 1 is 1.29 bits per heavy atom. The van der Waals surface area contributed by atoms with Crippen LogP contribution in [0, 0.1) is 0 Å². The van der Waals surface area contributed by atoms with E-state index in [0.717, 1.165) is 26.1 Å². The van der Waals surface area contributed by atoms with Crippen molar-refractivity contribution >= 4 is 12.0 Å². The lowest BCUT2D eigenvalue weighted by Gasteiger charge is -2.19. The monoisotopic (exact) mass is 247 g/mol. The molecule has 0 fully saturated rings. The highest BCUT2D eigenvalue weighted by Crippen LogP contribution is 1.88. The van der Waals surface area contributed by atoms with E-state index >= 15 is 0 Å². The highest BCUT2D eigenvalue weighted by molar-refractivity contribution is 5.73. The van der Waals surface area contributed by atoms with Crippen molar-refractivity contribution in [1.29, 1.82) is 0 Å². The second-order valence-corrected chi connectivity index (χ2v) is 3.47. The maximum absolute atomic E-state index is 11.1. The Morgan fingerprint density at radius 3 is 2.53 bits per heavy atom. The second-order valence-electron chi connectivity index (χ2n) is 3.47. The number of urea groups is 1. The zero-order chi connectivity index (χ0) is 13.1. The number of likely N-dealkylation sites (N-methyl/N-ethyl adjacent to an activating group) is 1. The Kier molecular flexibility index (Phi) is 9.08. The van der Waals surface area contributed by atoms with Crippen LogP contribution in [-0.2, 0) is 9.63 Å². The smallest absolute Gasteiger partial charge is 0.338 e. The van der Waals surface area contributed by atoms with Gasteiger partial charge in [-0.05, 0) is 19.5 Å². The zero-order valence-corrected chi connectivity index (χ0v) is 10.4. The molecule has 0 saturated carbocycles. The van der Waals surface area contributed by atoms with E-state index < -0.39 is 18.6 Å². The van der Waals surface area contributed by atoms with Gasteiger partial charge in [0.25, 0.3) is 0 Å². The summed E-state index contributed by atoms with van der Waals surface area (Å²) in [5, 5.41) is 10.8. The van der Waals surface area contributed by atoms with Gasteiger partial charge in [0.05, 0.1) is 0 Å². The average molecular weight is 247 g/mol. The molecule has 0 unspecified atom stereocenters. The molecule has 0 spiro atoms. The predicted octanol–water partition coefficient (Wildman–Crippen LogP) is 0.0337. The van der Waals surface area contributed by atoms with E-state index in [2.05, 4.69) is 28.9 Å². The van der Waals surface area contributed by atoms with Crippen LogP contribution in [0.15, 0.2) is 0 Å². The standard InChI is InChI=1S/C10H21N3O4/c1-3-6-13(4-2)7-5-11-10(16)12-17-8-9(14)15/h3-8H2,1-2H3,(H,14,15)(H2,11,12,16). The normalized spacial score (nSPS) is 10.3. The van der Waals surface area contributed by atoms with Gasteiger partial charge in [-0.1, -0.05) is 13.8 Å². The number of aliphatic carboxylic acids is 1. The summed E-state index contributed by atoms with van der Waals surface area (Å²) in [5.41, 5.74) is 1.99. The molecule has 0 radical (unpaired) electrons. The van der Waals surface area contributed by atoms with Gasteiger partial charge in [0.2, 0.25) is 0 Å². The van der Waals surface area contributed by atoms with Gasteiger partial charge < -0.3 is 15.3 Å². The number of carboxylic acids is 1. The summed E-state index contributed by atoms with van der Waals surface area (Å²) in [6, 6.07) is -0.529. The van der Waals surface area contributed by atoms with E-state index in [9.17, 15) is 9.59 Å². The maximum Gasteiger partial charge on any atom is 0.338 e. The molecule has 17 heavy (non-hydrogen) atoms. The van der Waals surface area contributed by atoms with Crippen LogP contribution in [0.4, 0.5) is 4.79 Å². The Balaban J connectivity index is 3.52. The fraction of sp³-hybridized carbons (Fsp3) is 0.800. The van der Waals surface area contributed by atoms with E-state index in [4.69, 9.17) is 5.11 Å². The minimum Gasteiger partial charge on any atom is -0.479 e. The number of rotatable bonds is 9. The van der Waals surface area contributed by atoms with E-state index in [1.54, 1.807) is 0 Å². The first-order chi connectivity index (χ1) is 8.10. The largest absolute Gasteiger partial charge is 0.479 e. The van der Waals surface area contributed by atoms with Crippen LogP contribution in [0.25, 0.3) is 0 Å². The fourth-order valence-electron chi connectivity index (χ4n) is 1.27. The van der Waals surface area contributed by atoms with Crippen LogP contribution in [0.3, 0.4) is 0 Å². The molecule has 0 aromatic heterocycles. The average Bonchev–Trinajstić information content (AvgIpc) is 2.27. The molecule has 0 aliphatic carbocycles. The van der Waals surface area contributed by atoms with E-state index in [0.29, 0.717) is 6.54 Å². The van der Waals surface area contributed by atoms with Crippen molar-refractivity contribution in [2.24, 2.45) is 0 Å².